The van der Waals surface area contributed by atoms with E-state index in [1.54, 1.807) is 6.92 Å². The van der Waals surface area contributed by atoms with E-state index in [0.717, 1.165) is 0 Å². The minimum absolute atomic E-state index is 0. The minimum atomic E-state index is -3.59. The standard InChI is InChI=1S/C11H16Cl2N2O2S.ClH/c1-7(14)3-4-15-18(16,17)9-5-10(12)8(2)11(13)6-9;/h5-7,15H,3-4,14H2,1-2H3;1H. The van der Waals surface area contributed by atoms with Crippen molar-refractivity contribution < 1.29 is 8.42 Å². The molecule has 19 heavy (non-hydrogen) atoms. The fraction of sp³-hybridized carbons (Fsp3) is 0.455. The van der Waals surface area contributed by atoms with Crippen molar-refractivity contribution in [3.05, 3.63) is 27.7 Å². The molecule has 3 N–H and O–H groups in total. The van der Waals surface area contributed by atoms with Crippen LogP contribution in [0.2, 0.25) is 10.0 Å². The van der Waals surface area contributed by atoms with E-state index >= 15 is 0 Å². The number of nitrogens with one attached hydrogen (secondary N) is 1. The maximum Gasteiger partial charge on any atom is 0.240 e. The van der Waals surface area contributed by atoms with Gasteiger partial charge in [-0.05, 0) is 38.0 Å². The molecule has 0 fully saturated rings. The highest BCUT2D eigenvalue weighted by atomic mass is 35.5. The molecule has 1 aromatic rings. The van der Waals surface area contributed by atoms with E-state index in [1.807, 2.05) is 6.92 Å². The van der Waals surface area contributed by atoms with Gasteiger partial charge in [0.05, 0.1) is 4.90 Å². The van der Waals surface area contributed by atoms with Crippen LogP contribution in [0.25, 0.3) is 0 Å². The topological polar surface area (TPSA) is 72.2 Å². The average molecular weight is 348 g/mol. The molecule has 0 spiro atoms. The lowest BCUT2D eigenvalue weighted by Crippen LogP contribution is -2.29. The van der Waals surface area contributed by atoms with Gasteiger partial charge in [0.2, 0.25) is 10.0 Å². The molecular weight excluding hydrogens is 331 g/mol. The van der Waals surface area contributed by atoms with Gasteiger partial charge in [-0.15, -0.1) is 12.4 Å². The maximum atomic E-state index is 12.0. The summed E-state index contributed by atoms with van der Waals surface area (Å²) < 4.78 is 26.4. The molecule has 110 valence electrons. The van der Waals surface area contributed by atoms with E-state index in [0.29, 0.717) is 22.0 Å². The predicted octanol–water partition coefficient (Wildman–Crippen LogP) is 2.74. The Morgan fingerprint density at radius 2 is 1.79 bits per heavy atom. The lowest BCUT2D eigenvalue weighted by atomic mass is 10.2. The van der Waals surface area contributed by atoms with Gasteiger partial charge in [0.15, 0.2) is 0 Å². The van der Waals surface area contributed by atoms with Gasteiger partial charge in [-0.1, -0.05) is 23.2 Å². The smallest absolute Gasteiger partial charge is 0.240 e. The van der Waals surface area contributed by atoms with Crippen LogP contribution in [0, 0.1) is 6.92 Å². The summed E-state index contributed by atoms with van der Waals surface area (Å²) in [5, 5.41) is 0.658. The van der Waals surface area contributed by atoms with Gasteiger partial charge in [-0.3, -0.25) is 0 Å². The number of hydrogen-bond donors (Lipinski definition) is 2. The molecule has 0 saturated carbocycles. The summed E-state index contributed by atoms with van der Waals surface area (Å²) in [6.07, 6.45) is 0.562. The van der Waals surface area contributed by atoms with Crippen molar-refractivity contribution in [2.24, 2.45) is 5.73 Å². The molecule has 0 radical (unpaired) electrons. The molecule has 8 heteroatoms. The SMILES string of the molecule is Cc1c(Cl)cc(S(=O)(=O)NCCC(C)N)cc1Cl.Cl. The average Bonchev–Trinajstić information content (AvgIpc) is 2.24. The molecule has 0 aliphatic heterocycles. The molecule has 1 rings (SSSR count). The summed E-state index contributed by atoms with van der Waals surface area (Å²) in [4.78, 5) is 0.0628. The van der Waals surface area contributed by atoms with Gasteiger partial charge in [0.1, 0.15) is 0 Å². The Hall–Kier alpha value is -0.0400. The third kappa shape index (κ3) is 5.45. The molecule has 1 aromatic carbocycles. The number of sulfonamides is 1. The monoisotopic (exact) mass is 346 g/mol. The Labute approximate surface area is 130 Å². The quantitative estimate of drug-likeness (QED) is 0.860. The molecule has 4 nitrogen and oxygen atoms in total. The third-order valence-electron chi connectivity index (χ3n) is 2.46. The fourth-order valence-electron chi connectivity index (χ4n) is 1.28. The van der Waals surface area contributed by atoms with Crippen LogP contribution in [0.4, 0.5) is 0 Å². The van der Waals surface area contributed by atoms with Crippen molar-refractivity contribution in [2.75, 3.05) is 6.54 Å². The van der Waals surface area contributed by atoms with E-state index in [-0.39, 0.29) is 29.9 Å². The molecule has 0 aromatic heterocycles. The molecule has 0 amide bonds. The van der Waals surface area contributed by atoms with Crippen molar-refractivity contribution in [1.29, 1.82) is 0 Å². The first kappa shape index (κ1) is 19.0. The first-order chi connectivity index (χ1) is 8.24. The van der Waals surface area contributed by atoms with Crippen LogP contribution >= 0.6 is 35.6 Å². The minimum Gasteiger partial charge on any atom is -0.328 e. The van der Waals surface area contributed by atoms with Crippen LogP contribution in [-0.4, -0.2) is 21.0 Å². The van der Waals surface area contributed by atoms with Crippen molar-refractivity contribution in [2.45, 2.75) is 31.2 Å². The molecular formula is C11H17Cl3N2O2S. The number of nitrogens with two attached hydrogens (primary N) is 1. The van der Waals surface area contributed by atoms with Crippen LogP contribution in [0.15, 0.2) is 17.0 Å². The van der Waals surface area contributed by atoms with E-state index in [9.17, 15) is 8.42 Å². The summed E-state index contributed by atoms with van der Waals surface area (Å²) in [5.41, 5.74) is 6.21. The molecule has 0 saturated heterocycles. The highest BCUT2D eigenvalue weighted by molar-refractivity contribution is 7.89. The van der Waals surface area contributed by atoms with E-state index in [4.69, 9.17) is 28.9 Å². The lowest BCUT2D eigenvalue weighted by molar-refractivity contribution is 0.572. The normalized spacial score (nSPS) is 12.9. The number of rotatable bonds is 5. The van der Waals surface area contributed by atoms with Gasteiger partial charge in [-0.2, -0.15) is 0 Å². The van der Waals surface area contributed by atoms with Crippen LogP contribution in [-0.2, 0) is 10.0 Å². The second-order valence-electron chi connectivity index (χ2n) is 4.18. The van der Waals surface area contributed by atoms with E-state index in [2.05, 4.69) is 4.72 Å². The van der Waals surface area contributed by atoms with Crippen molar-refractivity contribution >= 4 is 45.6 Å². The van der Waals surface area contributed by atoms with Crippen molar-refractivity contribution in [3.63, 3.8) is 0 Å². The third-order valence-corrected chi connectivity index (χ3v) is 4.68. The molecule has 1 unspecified atom stereocenters. The van der Waals surface area contributed by atoms with Gasteiger partial charge in [0.25, 0.3) is 0 Å². The number of halogens is 3. The van der Waals surface area contributed by atoms with Gasteiger partial charge in [-0.25, -0.2) is 13.1 Å². The summed E-state index contributed by atoms with van der Waals surface area (Å²) in [6.45, 7) is 3.82. The van der Waals surface area contributed by atoms with Gasteiger partial charge in [0, 0.05) is 22.6 Å². The highest BCUT2D eigenvalue weighted by Crippen LogP contribution is 2.27. The van der Waals surface area contributed by atoms with Crippen LogP contribution in [0.5, 0.6) is 0 Å². The zero-order chi connectivity index (χ0) is 13.9. The predicted molar refractivity (Wildman–Crippen MR) is 81.9 cm³/mol. The Kier molecular flexibility index (Phi) is 7.65. The summed E-state index contributed by atoms with van der Waals surface area (Å²) in [6, 6.07) is 2.71. The molecule has 0 aliphatic carbocycles. The molecule has 0 bridgehead atoms. The Balaban J connectivity index is 0.00000324. The van der Waals surface area contributed by atoms with Crippen LogP contribution in [0.1, 0.15) is 18.9 Å². The largest absolute Gasteiger partial charge is 0.328 e. The fourth-order valence-corrected chi connectivity index (χ4v) is 3.00. The van der Waals surface area contributed by atoms with Gasteiger partial charge >= 0.3 is 0 Å². The Morgan fingerprint density at radius 1 is 1.32 bits per heavy atom. The summed E-state index contributed by atoms with van der Waals surface area (Å²) >= 11 is 11.8. The van der Waals surface area contributed by atoms with Gasteiger partial charge < -0.3 is 5.73 Å². The molecule has 1 atom stereocenters. The second kappa shape index (κ2) is 7.67. The Bertz CT molecular complexity index is 510. The van der Waals surface area contributed by atoms with Crippen molar-refractivity contribution in [3.8, 4) is 0 Å². The first-order valence-electron chi connectivity index (χ1n) is 5.45. The zero-order valence-electron chi connectivity index (χ0n) is 10.6. The lowest BCUT2D eigenvalue weighted by Gasteiger charge is -2.10. The Morgan fingerprint density at radius 3 is 2.21 bits per heavy atom. The molecule has 0 aliphatic rings. The zero-order valence-corrected chi connectivity index (χ0v) is 13.8. The van der Waals surface area contributed by atoms with Crippen molar-refractivity contribution in [1.82, 2.24) is 4.72 Å². The summed E-state index contributed by atoms with van der Waals surface area (Å²) in [7, 11) is -3.59. The molecule has 0 heterocycles. The summed E-state index contributed by atoms with van der Waals surface area (Å²) in [5.74, 6) is 0. The number of hydrogen-bond acceptors (Lipinski definition) is 3. The first-order valence-corrected chi connectivity index (χ1v) is 7.69. The van der Waals surface area contributed by atoms with E-state index < -0.39 is 10.0 Å². The van der Waals surface area contributed by atoms with E-state index in [1.165, 1.54) is 12.1 Å². The maximum absolute atomic E-state index is 12.0. The van der Waals surface area contributed by atoms with Crippen LogP contribution < -0.4 is 10.5 Å². The highest BCUT2D eigenvalue weighted by Gasteiger charge is 2.16. The van der Waals surface area contributed by atoms with Crippen LogP contribution in [0.3, 0.4) is 0 Å². The second-order valence-corrected chi connectivity index (χ2v) is 6.76. The number of benzene rings is 1.